The van der Waals surface area contributed by atoms with Gasteiger partial charge in [-0.2, -0.15) is 10.4 Å². The summed E-state index contributed by atoms with van der Waals surface area (Å²) in [5.74, 6) is 0.786. The Bertz CT molecular complexity index is 1060. The first-order valence-electron chi connectivity index (χ1n) is 9.67. The third kappa shape index (κ3) is 3.89. The Labute approximate surface area is 169 Å². The number of carbonyl (C=O) groups excluding carboxylic acids is 1. The van der Waals surface area contributed by atoms with Crippen LogP contribution < -0.4 is 10.2 Å². The number of fused-ring (bicyclic) bond motifs is 1. The van der Waals surface area contributed by atoms with Crippen molar-refractivity contribution < 1.29 is 4.79 Å². The van der Waals surface area contributed by atoms with Crippen molar-refractivity contribution in [1.29, 1.82) is 5.26 Å². The van der Waals surface area contributed by atoms with E-state index in [9.17, 15) is 10.1 Å². The predicted molar refractivity (Wildman–Crippen MR) is 113 cm³/mol. The quantitative estimate of drug-likeness (QED) is 0.742. The van der Waals surface area contributed by atoms with Gasteiger partial charge in [-0.1, -0.05) is 36.4 Å². The number of nitriles is 1. The molecule has 2 aromatic carbocycles. The molecule has 4 rings (SSSR count). The number of hydrogen-bond acceptors (Lipinski definition) is 6. The smallest absolute Gasteiger partial charge is 0.241 e. The highest BCUT2D eigenvalue weighted by molar-refractivity contribution is 5.95. The lowest BCUT2D eigenvalue weighted by molar-refractivity contribution is -0.120. The summed E-state index contributed by atoms with van der Waals surface area (Å²) in [6.07, 6.45) is 1.78. The number of benzene rings is 2. The van der Waals surface area contributed by atoms with Gasteiger partial charge < -0.3 is 10.2 Å². The fourth-order valence-electron chi connectivity index (χ4n) is 3.66. The molecule has 146 valence electrons. The maximum atomic E-state index is 12.7. The number of nitrogens with one attached hydrogen (secondary N) is 1. The first-order valence-corrected chi connectivity index (χ1v) is 9.67. The Morgan fingerprint density at radius 1 is 1.10 bits per heavy atom. The van der Waals surface area contributed by atoms with E-state index in [0.717, 1.165) is 42.8 Å². The van der Waals surface area contributed by atoms with Gasteiger partial charge in [0.2, 0.25) is 5.91 Å². The van der Waals surface area contributed by atoms with Crippen LogP contribution >= 0.6 is 0 Å². The van der Waals surface area contributed by atoms with E-state index in [0.29, 0.717) is 11.3 Å². The second kappa shape index (κ2) is 8.25. The number of rotatable bonds is 4. The van der Waals surface area contributed by atoms with Gasteiger partial charge in [0.05, 0.1) is 23.5 Å². The lowest BCUT2D eigenvalue weighted by atomic mass is 10.1. The summed E-state index contributed by atoms with van der Waals surface area (Å²) in [6, 6.07) is 17.0. The summed E-state index contributed by atoms with van der Waals surface area (Å²) in [4.78, 5) is 17.1. The van der Waals surface area contributed by atoms with Gasteiger partial charge in [-0.05, 0) is 19.1 Å². The van der Waals surface area contributed by atoms with Crippen molar-refractivity contribution in [3.05, 3.63) is 60.3 Å². The van der Waals surface area contributed by atoms with Crippen LogP contribution in [0.5, 0.6) is 0 Å². The summed E-state index contributed by atoms with van der Waals surface area (Å²) in [7, 11) is 0. The lowest BCUT2D eigenvalue weighted by Crippen LogP contribution is -2.53. The number of nitrogens with zero attached hydrogens (tertiary/aromatic N) is 5. The second-order valence-corrected chi connectivity index (χ2v) is 7.10. The number of piperazine rings is 1. The van der Waals surface area contributed by atoms with E-state index in [-0.39, 0.29) is 11.9 Å². The Balaban J connectivity index is 1.41. The minimum Gasteiger partial charge on any atom is -0.352 e. The summed E-state index contributed by atoms with van der Waals surface area (Å²) in [5.41, 5.74) is 1.02. The maximum Gasteiger partial charge on any atom is 0.241 e. The normalized spacial score (nSPS) is 15.7. The van der Waals surface area contributed by atoms with Crippen LogP contribution in [0.25, 0.3) is 10.8 Å². The van der Waals surface area contributed by atoms with Gasteiger partial charge in [0.1, 0.15) is 6.07 Å². The van der Waals surface area contributed by atoms with Crippen molar-refractivity contribution >= 4 is 28.2 Å². The zero-order valence-corrected chi connectivity index (χ0v) is 16.2. The van der Waals surface area contributed by atoms with Crippen molar-refractivity contribution in [1.82, 2.24) is 15.1 Å². The van der Waals surface area contributed by atoms with Gasteiger partial charge >= 0.3 is 0 Å². The summed E-state index contributed by atoms with van der Waals surface area (Å²) < 4.78 is 0. The zero-order valence-electron chi connectivity index (χ0n) is 16.2. The number of hydrogen-bond donors (Lipinski definition) is 1. The number of carbonyl (C=O) groups is 1. The molecule has 29 heavy (non-hydrogen) atoms. The van der Waals surface area contributed by atoms with E-state index >= 15 is 0 Å². The molecule has 1 aromatic heterocycles. The number of amides is 1. The third-order valence-corrected chi connectivity index (χ3v) is 5.40. The van der Waals surface area contributed by atoms with Crippen LogP contribution in [0.3, 0.4) is 0 Å². The molecular formula is C22H22N6O. The van der Waals surface area contributed by atoms with Gasteiger partial charge in [0.25, 0.3) is 0 Å². The van der Waals surface area contributed by atoms with E-state index < -0.39 is 0 Å². The van der Waals surface area contributed by atoms with Crippen LogP contribution in [0.15, 0.2) is 54.7 Å². The molecule has 7 heteroatoms. The largest absolute Gasteiger partial charge is 0.352 e. The van der Waals surface area contributed by atoms with E-state index in [2.05, 4.69) is 37.4 Å². The molecule has 0 bridgehead atoms. The highest BCUT2D eigenvalue weighted by Gasteiger charge is 2.27. The van der Waals surface area contributed by atoms with E-state index in [4.69, 9.17) is 0 Å². The van der Waals surface area contributed by atoms with Crippen molar-refractivity contribution in [2.24, 2.45) is 0 Å². The van der Waals surface area contributed by atoms with E-state index in [1.165, 1.54) is 0 Å². The summed E-state index contributed by atoms with van der Waals surface area (Å²) in [6.45, 7) is 4.95. The molecule has 2 heterocycles. The number of anilines is 2. The molecule has 3 aromatic rings. The average molecular weight is 386 g/mol. The highest BCUT2D eigenvalue weighted by Crippen LogP contribution is 2.24. The van der Waals surface area contributed by atoms with Gasteiger partial charge in [0.15, 0.2) is 5.82 Å². The second-order valence-electron chi connectivity index (χ2n) is 7.10. The summed E-state index contributed by atoms with van der Waals surface area (Å²) in [5, 5.41) is 22.8. The Morgan fingerprint density at radius 2 is 1.83 bits per heavy atom. The minimum absolute atomic E-state index is 0.105. The van der Waals surface area contributed by atoms with Crippen molar-refractivity contribution in [3.8, 4) is 6.07 Å². The molecule has 0 radical (unpaired) electrons. The van der Waals surface area contributed by atoms with Crippen molar-refractivity contribution in [2.75, 3.05) is 36.4 Å². The Morgan fingerprint density at radius 3 is 2.62 bits per heavy atom. The molecule has 0 spiro atoms. The predicted octanol–water partition coefficient (Wildman–Crippen LogP) is 2.65. The maximum absolute atomic E-state index is 12.7. The molecule has 1 fully saturated rings. The van der Waals surface area contributed by atoms with Gasteiger partial charge in [-0.25, -0.2) is 0 Å². The van der Waals surface area contributed by atoms with Crippen molar-refractivity contribution in [2.45, 2.75) is 13.0 Å². The third-order valence-electron chi connectivity index (χ3n) is 5.40. The zero-order chi connectivity index (χ0) is 20.2. The molecule has 7 nitrogen and oxygen atoms in total. The van der Waals surface area contributed by atoms with Crippen LogP contribution in [0.4, 0.5) is 11.5 Å². The van der Waals surface area contributed by atoms with Crippen LogP contribution in [0, 0.1) is 11.3 Å². The first kappa shape index (κ1) is 18.8. The lowest BCUT2D eigenvalue weighted by Gasteiger charge is -2.38. The van der Waals surface area contributed by atoms with E-state index in [1.54, 1.807) is 24.4 Å². The average Bonchev–Trinajstić information content (AvgIpc) is 2.78. The van der Waals surface area contributed by atoms with Crippen LogP contribution in [-0.4, -0.2) is 53.2 Å². The molecule has 0 aliphatic carbocycles. The van der Waals surface area contributed by atoms with Crippen LogP contribution in [0.2, 0.25) is 0 Å². The monoisotopic (exact) mass is 386 g/mol. The summed E-state index contributed by atoms with van der Waals surface area (Å²) >= 11 is 0. The molecule has 1 N–H and O–H groups in total. The fraction of sp³-hybridized carbons (Fsp3) is 0.273. The molecule has 1 atom stereocenters. The van der Waals surface area contributed by atoms with Crippen LogP contribution in [-0.2, 0) is 4.79 Å². The van der Waals surface area contributed by atoms with Crippen molar-refractivity contribution in [3.63, 3.8) is 0 Å². The minimum atomic E-state index is -0.289. The molecule has 1 aliphatic rings. The first-order chi connectivity index (χ1) is 14.2. The molecular weight excluding hydrogens is 364 g/mol. The SMILES string of the molecule is CC(C(=O)Nc1ccccc1C#N)N1CCN(c2nncc3ccccc23)CC1. The molecule has 1 saturated heterocycles. The van der Waals surface area contributed by atoms with Gasteiger partial charge in [-0.3, -0.25) is 9.69 Å². The fourth-order valence-corrected chi connectivity index (χ4v) is 3.66. The highest BCUT2D eigenvalue weighted by atomic mass is 16.2. The molecule has 1 aliphatic heterocycles. The number of para-hydroxylation sites is 1. The van der Waals surface area contributed by atoms with E-state index in [1.807, 2.05) is 31.2 Å². The Kier molecular flexibility index (Phi) is 5.36. The number of aromatic nitrogens is 2. The molecule has 1 amide bonds. The Hall–Kier alpha value is -3.50. The standard InChI is InChI=1S/C22H22N6O/c1-16(22(29)25-20-9-5-3-6-17(20)14-23)27-10-12-28(13-11-27)21-19-8-4-2-7-18(19)15-24-26-21/h2-9,15-16H,10-13H2,1H3,(H,25,29). The van der Waals surface area contributed by atoms with Crippen LogP contribution in [0.1, 0.15) is 12.5 Å². The molecule has 1 unspecified atom stereocenters. The van der Waals surface area contributed by atoms with Gasteiger partial charge in [-0.15, -0.1) is 5.10 Å². The topological polar surface area (TPSA) is 85.2 Å². The molecule has 0 saturated carbocycles. The van der Waals surface area contributed by atoms with Gasteiger partial charge in [0, 0.05) is 37.0 Å².